The molecule has 0 fully saturated rings. The van der Waals surface area contributed by atoms with Crippen molar-refractivity contribution in [2.24, 2.45) is 0 Å². The molecule has 0 aromatic heterocycles. The quantitative estimate of drug-likeness (QED) is 0.400. The van der Waals surface area contributed by atoms with Crippen LogP contribution in [-0.2, 0) is 0 Å². The summed E-state index contributed by atoms with van der Waals surface area (Å²) in [6, 6.07) is 3.07. The Hall–Kier alpha value is -2.16. The van der Waals surface area contributed by atoms with Gasteiger partial charge in [-0.05, 0) is 6.07 Å². The van der Waals surface area contributed by atoms with Gasteiger partial charge in [0.25, 0.3) is 0 Å². The van der Waals surface area contributed by atoms with Gasteiger partial charge in [-0.2, -0.15) is 5.26 Å². The first-order valence-corrected chi connectivity index (χ1v) is 3.19. The van der Waals surface area contributed by atoms with Crippen LogP contribution in [0.2, 0.25) is 0 Å². The minimum absolute atomic E-state index is 0.346. The van der Waals surface area contributed by atoms with Gasteiger partial charge in [0.05, 0.1) is 4.92 Å². The highest BCUT2D eigenvalue weighted by Gasteiger charge is 2.19. The van der Waals surface area contributed by atoms with Gasteiger partial charge in [-0.25, -0.2) is 4.39 Å². The van der Waals surface area contributed by atoms with Crippen molar-refractivity contribution < 1.29 is 9.31 Å². The van der Waals surface area contributed by atoms with E-state index >= 15 is 0 Å². The first-order chi connectivity index (χ1) is 6.06. The molecule has 66 valence electrons. The molecule has 0 radical (unpaired) electrons. The standard InChI is InChI=1S/C7H4FN3O2/c8-5-1-4(3-9)7(11(12)13)6(10)2-5/h1-2H,10H2. The molecule has 5 nitrogen and oxygen atoms in total. The van der Waals surface area contributed by atoms with E-state index in [0.29, 0.717) is 0 Å². The van der Waals surface area contributed by atoms with Crippen molar-refractivity contribution in [1.29, 1.82) is 5.26 Å². The maximum absolute atomic E-state index is 12.6. The molecule has 0 heterocycles. The van der Waals surface area contributed by atoms with Gasteiger partial charge in [-0.1, -0.05) is 0 Å². The van der Waals surface area contributed by atoms with Crippen molar-refractivity contribution in [2.75, 3.05) is 5.73 Å². The second-order valence-corrected chi connectivity index (χ2v) is 2.26. The topological polar surface area (TPSA) is 93.0 Å². The fourth-order valence-corrected chi connectivity index (χ4v) is 0.909. The van der Waals surface area contributed by atoms with Crippen molar-refractivity contribution in [1.82, 2.24) is 0 Å². The van der Waals surface area contributed by atoms with Gasteiger partial charge < -0.3 is 5.73 Å². The smallest absolute Gasteiger partial charge is 0.309 e. The summed E-state index contributed by atoms with van der Waals surface area (Å²) in [5.41, 5.74) is 3.90. The van der Waals surface area contributed by atoms with Crippen molar-refractivity contribution in [3.05, 3.63) is 33.6 Å². The Morgan fingerprint density at radius 3 is 2.69 bits per heavy atom. The number of nitrogen functional groups attached to an aromatic ring is 1. The summed E-state index contributed by atoms with van der Waals surface area (Å²) in [6.45, 7) is 0. The molecule has 0 aliphatic heterocycles. The molecule has 0 spiro atoms. The minimum Gasteiger partial charge on any atom is -0.393 e. The average molecular weight is 181 g/mol. The highest BCUT2D eigenvalue weighted by atomic mass is 19.1. The molecule has 13 heavy (non-hydrogen) atoms. The highest BCUT2D eigenvalue weighted by Crippen LogP contribution is 2.26. The van der Waals surface area contributed by atoms with Gasteiger partial charge in [-0.3, -0.25) is 10.1 Å². The van der Waals surface area contributed by atoms with Crippen LogP contribution in [-0.4, -0.2) is 4.92 Å². The first-order valence-electron chi connectivity index (χ1n) is 3.19. The predicted octanol–water partition coefficient (Wildman–Crippen LogP) is 1.19. The number of anilines is 1. The van der Waals surface area contributed by atoms with Crippen LogP contribution in [0.15, 0.2) is 12.1 Å². The molecule has 0 aliphatic carbocycles. The van der Waals surface area contributed by atoms with Crippen LogP contribution in [0.5, 0.6) is 0 Å². The number of nitrogens with zero attached hydrogens (tertiary/aromatic N) is 2. The molecule has 0 saturated carbocycles. The molecule has 0 aliphatic rings. The van der Waals surface area contributed by atoms with Crippen LogP contribution in [0.4, 0.5) is 15.8 Å². The number of benzene rings is 1. The fourth-order valence-electron chi connectivity index (χ4n) is 0.909. The van der Waals surface area contributed by atoms with Crippen LogP contribution in [0, 0.1) is 27.3 Å². The van der Waals surface area contributed by atoms with Crippen LogP contribution in [0.3, 0.4) is 0 Å². The molecule has 1 aromatic carbocycles. The Kier molecular flexibility index (Phi) is 2.11. The number of hydrogen-bond donors (Lipinski definition) is 1. The number of nitro benzene ring substituents is 1. The Morgan fingerprint density at radius 2 is 2.23 bits per heavy atom. The minimum atomic E-state index is -0.812. The molecule has 0 saturated heterocycles. The number of halogens is 1. The van der Waals surface area contributed by atoms with Crippen LogP contribution in [0.1, 0.15) is 5.56 Å². The van der Waals surface area contributed by atoms with E-state index in [1.165, 1.54) is 6.07 Å². The number of nitro groups is 1. The molecule has 1 rings (SSSR count). The van der Waals surface area contributed by atoms with Gasteiger partial charge in [0.15, 0.2) is 0 Å². The number of rotatable bonds is 1. The van der Waals surface area contributed by atoms with Gasteiger partial charge in [0.2, 0.25) is 0 Å². The van der Waals surface area contributed by atoms with Crippen LogP contribution >= 0.6 is 0 Å². The summed E-state index contributed by atoms with van der Waals surface area (Å²) in [5, 5.41) is 18.8. The Labute approximate surface area is 72.3 Å². The van der Waals surface area contributed by atoms with E-state index in [9.17, 15) is 14.5 Å². The molecule has 0 unspecified atom stereocenters. The lowest BCUT2D eigenvalue weighted by Gasteiger charge is -1.98. The molecule has 6 heteroatoms. The third-order valence-electron chi connectivity index (χ3n) is 1.41. The summed E-state index contributed by atoms with van der Waals surface area (Å²) >= 11 is 0. The zero-order chi connectivity index (χ0) is 10.0. The second-order valence-electron chi connectivity index (χ2n) is 2.26. The van der Waals surface area contributed by atoms with Gasteiger partial charge in [-0.15, -0.1) is 0 Å². The third kappa shape index (κ3) is 1.54. The zero-order valence-corrected chi connectivity index (χ0v) is 6.32. The number of nitrogens with two attached hydrogens (primary N) is 1. The third-order valence-corrected chi connectivity index (χ3v) is 1.41. The van der Waals surface area contributed by atoms with Crippen molar-refractivity contribution in [3.8, 4) is 6.07 Å². The molecule has 0 atom stereocenters. The van der Waals surface area contributed by atoms with Gasteiger partial charge >= 0.3 is 5.69 Å². The van der Waals surface area contributed by atoms with Crippen LogP contribution in [0.25, 0.3) is 0 Å². The van der Waals surface area contributed by atoms with E-state index in [1.54, 1.807) is 0 Å². The summed E-state index contributed by atoms with van der Waals surface area (Å²) < 4.78 is 12.6. The molecular weight excluding hydrogens is 177 g/mol. The average Bonchev–Trinajstić information content (AvgIpc) is 2.01. The van der Waals surface area contributed by atoms with Crippen LogP contribution < -0.4 is 5.73 Å². The fraction of sp³-hybridized carbons (Fsp3) is 0. The van der Waals surface area contributed by atoms with E-state index in [2.05, 4.69) is 0 Å². The second kappa shape index (κ2) is 3.06. The monoisotopic (exact) mass is 181 g/mol. The largest absolute Gasteiger partial charge is 0.393 e. The summed E-state index contributed by atoms with van der Waals surface area (Å²) in [4.78, 5) is 9.55. The van der Waals surface area contributed by atoms with Crippen molar-refractivity contribution in [2.45, 2.75) is 0 Å². The number of hydrogen-bond acceptors (Lipinski definition) is 4. The van der Waals surface area contributed by atoms with E-state index in [1.807, 2.05) is 0 Å². The maximum Gasteiger partial charge on any atom is 0.309 e. The van der Waals surface area contributed by atoms with E-state index in [-0.39, 0.29) is 11.3 Å². The molecular formula is C7H4FN3O2. The predicted molar refractivity (Wildman–Crippen MR) is 42.2 cm³/mol. The molecule has 0 amide bonds. The molecule has 2 N–H and O–H groups in total. The lowest BCUT2D eigenvalue weighted by Crippen LogP contribution is -1.99. The maximum atomic E-state index is 12.6. The van der Waals surface area contributed by atoms with Crippen molar-refractivity contribution >= 4 is 11.4 Å². The Balaban J connectivity index is 3.50. The molecule has 0 bridgehead atoms. The number of nitriles is 1. The summed E-state index contributed by atoms with van der Waals surface area (Å²) in [7, 11) is 0. The normalized spacial score (nSPS) is 9.23. The van der Waals surface area contributed by atoms with Gasteiger partial charge in [0.1, 0.15) is 23.1 Å². The highest BCUT2D eigenvalue weighted by molar-refractivity contribution is 5.66. The Morgan fingerprint density at radius 1 is 1.62 bits per heavy atom. The molecule has 1 aromatic rings. The zero-order valence-electron chi connectivity index (χ0n) is 6.32. The summed E-state index contributed by atoms with van der Waals surface area (Å²) in [5.74, 6) is -0.764. The van der Waals surface area contributed by atoms with E-state index in [4.69, 9.17) is 11.0 Å². The SMILES string of the molecule is N#Cc1cc(F)cc(N)c1[N+](=O)[O-]. The van der Waals surface area contributed by atoms with E-state index < -0.39 is 16.4 Å². The first kappa shape index (κ1) is 8.93. The lowest BCUT2D eigenvalue weighted by molar-refractivity contribution is -0.384. The lowest BCUT2D eigenvalue weighted by atomic mass is 10.1. The van der Waals surface area contributed by atoms with E-state index in [0.717, 1.165) is 12.1 Å². The summed E-state index contributed by atoms with van der Waals surface area (Å²) in [6.07, 6.45) is 0. The Bertz CT molecular complexity index is 411. The van der Waals surface area contributed by atoms with Crippen molar-refractivity contribution in [3.63, 3.8) is 0 Å². The van der Waals surface area contributed by atoms with Gasteiger partial charge in [0, 0.05) is 6.07 Å².